The fourth-order valence-corrected chi connectivity index (χ4v) is 5.92. The van der Waals surface area contributed by atoms with Crippen LogP contribution in [0.5, 0.6) is 0 Å². The van der Waals surface area contributed by atoms with Gasteiger partial charge in [-0.1, -0.05) is 53.6 Å². The van der Waals surface area contributed by atoms with Gasteiger partial charge in [-0.3, -0.25) is 0 Å². The summed E-state index contributed by atoms with van der Waals surface area (Å²) in [5.41, 5.74) is 2.80. The number of allylic oxidation sites excluding steroid dienone is 1. The summed E-state index contributed by atoms with van der Waals surface area (Å²) in [6, 6.07) is 19.5. The van der Waals surface area contributed by atoms with E-state index in [1.807, 2.05) is 38.1 Å². The van der Waals surface area contributed by atoms with Crippen molar-refractivity contribution in [3.63, 3.8) is 0 Å². The Morgan fingerprint density at radius 1 is 1.09 bits per heavy atom. The lowest BCUT2D eigenvalue weighted by Gasteiger charge is -2.16. The van der Waals surface area contributed by atoms with Gasteiger partial charge in [0.05, 0.1) is 4.90 Å². The van der Waals surface area contributed by atoms with Crippen molar-refractivity contribution in [2.75, 3.05) is 5.32 Å². The molecule has 3 aromatic rings. The van der Waals surface area contributed by atoms with E-state index in [1.165, 1.54) is 24.3 Å². The molecule has 0 radical (unpaired) electrons. The molecule has 0 amide bonds. The van der Waals surface area contributed by atoms with Crippen molar-refractivity contribution in [1.82, 2.24) is 0 Å². The highest BCUT2D eigenvalue weighted by molar-refractivity contribution is 8.04. The minimum Gasteiger partial charge on any atom is -0.348 e. The molecule has 0 aromatic heterocycles. The van der Waals surface area contributed by atoms with Crippen molar-refractivity contribution in [1.29, 1.82) is 5.26 Å². The van der Waals surface area contributed by atoms with Gasteiger partial charge in [-0.05, 0) is 49.7 Å². The average Bonchev–Trinajstić information content (AvgIpc) is 2.76. The molecule has 1 N–H and O–H groups in total. The molecule has 32 heavy (non-hydrogen) atoms. The lowest BCUT2D eigenvalue weighted by molar-refractivity contribution is 0.603. The van der Waals surface area contributed by atoms with E-state index in [9.17, 15) is 18.1 Å². The number of halogens is 2. The first-order valence-electron chi connectivity index (χ1n) is 9.58. The van der Waals surface area contributed by atoms with Gasteiger partial charge >= 0.3 is 0 Å². The first kappa shape index (κ1) is 23.9. The first-order chi connectivity index (χ1) is 15.2. The molecule has 4 nitrogen and oxygen atoms in total. The van der Waals surface area contributed by atoms with Crippen LogP contribution in [-0.4, -0.2) is 8.42 Å². The van der Waals surface area contributed by atoms with Gasteiger partial charge < -0.3 is 5.32 Å². The van der Waals surface area contributed by atoms with Gasteiger partial charge in [-0.25, -0.2) is 12.8 Å². The maximum atomic E-state index is 14.3. The van der Waals surface area contributed by atoms with Crippen LogP contribution in [-0.2, 0) is 15.6 Å². The highest BCUT2D eigenvalue weighted by Crippen LogP contribution is 2.34. The maximum absolute atomic E-state index is 14.3. The van der Waals surface area contributed by atoms with Crippen LogP contribution in [0.2, 0.25) is 5.02 Å². The van der Waals surface area contributed by atoms with Crippen molar-refractivity contribution >= 4 is 38.9 Å². The molecular formula is C24H20ClFN2O2S2. The molecular weight excluding hydrogens is 467 g/mol. The Morgan fingerprint density at radius 3 is 2.44 bits per heavy atom. The fraction of sp³-hybridized carbons (Fsp3) is 0.125. The molecule has 0 aliphatic heterocycles. The topological polar surface area (TPSA) is 70.0 Å². The number of sulfone groups is 1. The van der Waals surface area contributed by atoms with Crippen LogP contribution in [0, 0.1) is 31.0 Å². The summed E-state index contributed by atoms with van der Waals surface area (Å²) in [5.74, 6) is -0.464. The predicted octanol–water partition coefficient (Wildman–Crippen LogP) is 6.61. The summed E-state index contributed by atoms with van der Waals surface area (Å²) in [5, 5.41) is 13.3. The Morgan fingerprint density at radius 2 is 1.81 bits per heavy atom. The summed E-state index contributed by atoms with van der Waals surface area (Å²) in [6.45, 7) is 3.83. The van der Waals surface area contributed by atoms with Gasteiger partial charge in [0.25, 0.3) is 0 Å². The van der Waals surface area contributed by atoms with Crippen molar-refractivity contribution < 1.29 is 12.8 Å². The molecule has 0 heterocycles. The summed E-state index contributed by atoms with van der Waals surface area (Å²) >= 11 is 7.15. The molecule has 0 aliphatic carbocycles. The monoisotopic (exact) mass is 486 g/mol. The van der Waals surface area contributed by atoms with Gasteiger partial charge in [0.2, 0.25) is 9.84 Å². The van der Waals surface area contributed by atoms with Crippen LogP contribution >= 0.6 is 23.4 Å². The number of anilines is 1. The van der Waals surface area contributed by atoms with Gasteiger partial charge in [0.15, 0.2) is 4.91 Å². The zero-order valence-corrected chi connectivity index (χ0v) is 19.8. The lowest BCUT2D eigenvalue weighted by Crippen LogP contribution is -2.11. The van der Waals surface area contributed by atoms with Crippen LogP contribution < -0.4 is 5.32 Å². The highest BCUT2D eigenvalue weighted by Gasteiger charge is 2.26. The van der Waals surface area contributed by atoms with Crippen LogP contribution in [0.3, 0.4) is 0 Å². The Balaban J connectivity index is 2.10. The smallest absolute Gasteiger partial charge is 0.219 e. The summed E-state index contributed by atoms with van der Waals surface area (Å²) < 4.78 is 40.8. The third kappa shape index (κ3) is 5.33. The quantitative estimate of drug-likeness (QED) is 0.380. The number of benzene rings is 3. The van der Waals surface area contributed by atoms with Crippen LogP contribution in [0.25, 0.3) is 0 Å². The highest BCUT2D eigenvalue weighted by atomic mass is 35.5. The van der Waals surface area contributed by atoms with Crippen LogP contribution in [0.1, 0.15) is 16.7 Å². The van der Waals surface area contributed by atoms with E-state index < -0.39 is 20.6 Å². The van der Waals surface area contributed by atoms with Crippen molar-refractivity contribution in [3.8, 4) is 6.07 Å². The van der Waals surface area contributed by atoms with E-state index in [1.54, 1.807) is 24.3 Å². The molecule has 8 heteroatoms. The molecule has 0 spiro atoms. The Bertz CT molecular complexity index is 1300. The van der Waals surface area contributed by atoms with E-state index in [2.05, 4.69) is 5.32 Å². The second-order valence-electron chi connectivity index (χ2n) is 7.02. The third-order valence-corrected chi connectivity index (χ3v) is 7.92. The van der Waals surface area contributed by atoms with E-state index >= 15 is 0 Å². The minimum absolute atomic E-state index is 0.000928. The number of aryl methyl sites for hydroxylation is 2. The fourth-order valence-electron chi connectivity index (χ4n) is 3.00. The Hall–Kier alpha value is -2.79. The van der Waals surface area contributed by atoms with Crippen molar-refractivity contribution in [3.05, 3.63) is 104 Å². The number of nitrogens with zero attached hydrogens (tertiary/aromatic N) is 1. The third-order valence-electron chi connectivity index (χ3n) is 4.68. The molecule has 0 bridgehead atoms. The normalized spacial score (nSPS) is 12.1. The SMILES string of the molecule is Cc1ccc(NC(SCc2c(F)cccc2Cl)=C(C#N)S(=O)(=O)c2ccccc2)c(C)c1. The molecule has 0 saturated heterocycles. The van der Waals surface area contributed by atoms with Crippen molar-refractivity contribution in [2.45, 2.75) is 24.5 Å². The maximum Gasteiger partial charge on any atom is 0.219 e. The van der Waals surface area contributed by atoms with E-state index in [0.717, 1.165) is 22.9 Å². The molecule has 0 unspecified atom stereocenters. The largest absolute Gasteiger partial charge is 0.348 e. The second kappa shape index (κ2) is 10.2. The van der Waals surface area contributed by atoms with E-state index in [4.69, 9.17) is 11.6 Å². The molecule has 0 atom stereocenters. The second-order valence-corrected chi connectivity index (χ2v) is 10.3. The summed E-state index contributed by atoms with van der Waals surface area (Å²) in [7, 11) is -4.11. The molecule has 0 saturated carbocycles. The molecule has 3 rings (SSSR count). The van der Waals surface area contributed by atoms with E-state index in [-0.39, 0.29) is 26.3 Å². The first-order valence-corrected chi connectivity index (χ1v) is 12.4. The number of thioether (sulfide) groups is 1. The Labute approximate surface area is 196 Å². The van der Waals surface area contributed by atoms with Gasteiger partial charge in [0, 0.05) is 22.0 Å². The van der Waals surface area contributed by atoms with Gasteiger partial charge in [-0.2, -0.15) is 5.26 Å². The number of nitrogens with one attached hydrogen (secondary N) is 1. The lowest BCUT2D eigenvalue weighted by atomic mass is 10.1. The standard InChI is InChI=1S/C24H20ClFN2O2S2/c1-16-11-12-22(17(2)13-16)28-24(31-15-19-20(25)9-6-10-21(19)26)23(14-27)32(29,30)18-7-4-3-5-8-18/h3-13,28H,15H2,1-2H3. The van der Waals surface area contributed by atoms with Crippen LogP contribution in [0.15, 0.2) is 81.6 Å². The zero-order chi connectivity index (χ0) is 23.3. The van der Waals surface area contributed by atoms with Gasteiger partial charge in [-0.15, -0.1) is 11.8 Å². The summed E-state index contributed by atoms with van der Waals surface area (Å²) in [6.07, 6.45) is 0. The number of hydrogen-bond donors (Lipinski definition) is 1. The summed E-state index contributed by atoms with van der Waals surface area (Å²) in [4.78, 5) is -0.442. The van der Waals surface area contributed by atoms with Crippen molar-refractivity contribution in [2.24, 2.45) is 0 Å². The average molecular weight is 487 g/mol. The number of nitriles is 1. The van der Waals surface area contributed by atoms with Crippen LogP contribution in [0.4, 0.5) is 10.1 Å². The molecule has 164 valence electrons. The predicted molar refractivity (Wildman–Crippen MR) is 129 cm³/mol. The molecule has 0 aliphatic rings. The molecule has 3 aromatic carbocycles. The minimum atomic E-state index is -4.11. The molecule has 0 fully saturated rings. The Kier molecular flexibility index (Phi) is 7.62. The zero-order valence-electron chi connectivity index (χ0n) is 17.4. The number of hydrogen-bond acceptors (Lipinski definition) is 5. The van der Waals surface area contributed by atoms with Gasteiger partial charge in [0.1, 0.15) is 16.9 Å². The number of rotatable bonds is 7. The van der Waals surface area contributed by atoms with E-state index in [0.29, 0.717) is 5.69 Å².